The maximum Gasteiger partial charge on any atom is 0.221 e. The van der Waals surface area contributed by atoms with Crippen LogP contribution in [0.25, 0.3) is 0 Å². The molecule has 1 aliphatic rings. The van der Waals surface area contributed by atoms with Crippen molar-refractivity contribution in [3.8, 4) is 0 Å². The molecule has 0 saturated carbocycles. The van der Waals surface area contributed by atoms with Crippen molar-refractivity contribution in [1.82, 2.24) is 0 Å². The Kier molecular flexibility index (Phi) is 2.91. The van der Waals surface area contributed by atoms with E-state index < -0.39 is 15.7 Å². The van der Waals surface area contributed by atoms with Gasteiger partial charge in [-0.2, -0.15) is 0 Å². The van der Waals surface area contributed by atoms with Crippen LogP contribution in [0.3, 0.4) is 0 Å². The maximum atomic E-state index is 12.7. The quantitative estimate of drug-likeness (QED) is 0.745. The molecule has 0 aromatic heterocycles. The number of sulfone groups is 1. The zero-order chi connectivity index (χ0) is 15.2. The van der Waals surface area contributed by atoms with E-state index in [1.165, 1.54) is 31.2 Å². The molecule has 6 heteroatoms. The molecule has 1 N–H and O–H groups in total. The van der Waals surface area contributed by atoms with Crippen LogP contribution in [0.4, 0.5) is 5.69 Å². The summed E-state index contributed by atoms with van der Waals surface area (Å²) in [4.78, 5) is 23.5. The second-order valence-electron chi connectivity index (χ2n) is 4.69. The Morgan fingerprint density at radius 3 is 2.38 bits per heavy atom. The van der Waals surface area contributed by atoms with Crippen LogP contribution >= 0.6 is 0 Å². The monoisotopic (exact) mass is 301 g/mol. The van der Waals surface area contributed by atoms with Crippen LogP contribution in [0.5, 0.6) is 0 Å². The fraction of sp³-hybridized carbons (Fsp3) is 0.0667. The first-order chi connectivity index (χ1) is 9.93. The third-order valence-electron chi connectivity index (χ3n) is 3.26. The summed E-state index contributed by atoms with van der Waals surface area (Å²) in [6, 6.07) is 10.5. The Balaban J connectivity index is 2.37. The Hall–Kier alpha value is -2.47. The lowest BCUT2D eigenvalue weighted by molar-refractivity contribution is -0.114. The molecule has 0 aliphatic carbocycles. The molecular formula is C15H11NO4S. The van der Waals surface area contributed by atoms with E-state index in [4.69, 9.17) is 0 Å². The van der Waals surface area contributed by atoms with Gasteiger partial charge in [-0.1, -0.05) is 18.2 Å². The van der Waals surface area contributed by atoms with Gasteiger partial charge in [-0.3, -0.25) is 9.59 Å². The summed E-state index contributed by atoms with van der Waals surface area (Å²) in [6.45, 7) is 1.28. The molecule has 0 unspecified atom stereocenters. The zero-order valence-corrected chi connectivity index (χ0v) is 11.9. The topological polar surface area (TPSA) is 80.3 Å². The molecule has 1 aliphatic heterocycles. The summed E-state index contributed by atoms with van der Waals surface area (Å²) < 4.78 is 25.5. The highest BCUT2D eigenvalue weighted by molar-refractivity contribution is 7.92. The number of carbonyl (C=O) groups is 2. The number of amides is 1. The number of nitrogens with one attached hydrogen (secondary N) is 1. The van der Waals surface area contributed by atoms with E-state index in [9.17, 15) is 18.0 Å². The molecular weight excluding hydrogens is 290 g/mol. The van der Waals surface area contributed by atoms with Crippen molar-refractivity contribution in [2.45, 2.75) is 16.7 Å². The fourth-order valence-electron chi connectivity index (χ4n) is 2.44. The first-order valence-corrected chi connectivity index (χ1v) is 7.70. The third kappa shape index (κ3) is 1.95. The number of carbonyl (C=O) groups excluding carboxylic acids is 2. The van der Waals surface area contributed by atoms with E-state index in [2.05, 4.69) is 5.32 Å². The molecule has 5 nitrogen and oxygen atoms in total. The molecule has 0 saturated heterocycles. The van der Waals surface area contributed by atoms with Gasteiger partial charge in [0.15, 0.2) is 5.78 Å². The minimum atomic E-state index is -3.85. The largest absolute Gasteiger partial charge is 0.325 e. The lowest BCUT2D eigenvalue weighted by atomic mass is 10.0. The number of hydrogen-bond acceptors (Lipinski definition) is 4. The lowest BCUT2D eigenvalue weighted by Crippen LogP contribution is -2.22. The van der Waals surface area contributed by atoms with Gasteiger partial charge < -0.3 is 5.32 Å². The Labute approximate surface area is 121 Å². The molecule has 3 rings (SSSR count). The van der Waals surface area contributed by atoms with Gasteiger partial charge in [-0.25, -0.2) is 8.42 Å². The summed E-state index contributed by atoms with van der Waals surface area (Å²) in [5.41, 5.74) is 0.368. The van der Waals surface area contributed by atoms with Crippen LogP contribution in [-0.2, 0) is 14.6 Å². The molecule has 2 aromatic carbocycles. The predicted octanol–water partition coefficient (Wildman–Crippen LogP) is 2.02. The molecule has 0 bridgehead atoms. The smallest absolute Gasteiger partial charge is 0.221 e. The van der Waals surface area contributed by atoms with E-state index in [0.29, 0.717) is 0 Å². The fourth-order valence-corrected chi connectivity index (χ4v) is 4.22. The van der Waals surface area contributed by atoms with Crippen LogP contribution in [0.2, 0.25) is 0 Å². The molecule has 0 atom stereocenters. The molecule has 2 aromatic rings. The number of ketones is 1. The standard InChI is InChI=1S/C15H11NO4S/c1-9(17)16-12-7-4-6-11-14(18)10-5-2-3-8-13(10)21(19,20)15(11)12/h2-8H,1H3,(H,16,17). The van der Waals surface area contributed by atoms with Crippen LogP contribution < -0.4 is 5.32 Å². The zero-order valence-electron chi connectivity index (χ0n) is 11.1. The van der Waals surface area contributed by atoms with Crippen molar-refractivity contribution in [2.75, 3.05) is 5.32 Å². The molecule has 0 fully saturated rings. The minimum Gasteiger partial charge on any atom is -0.325 e. The molecule has 1 heterocycles. The third-order valence-corrected chi connectivity index (χ3v) is 5.17. The second-order valence-corrected chi connectivity index (χ2v) is 6.55. The van der Waals surface area contributed by atoms with E-state index in [1.807, 2.05) is 0 Å². The molecule has 0 radical (unpaired) electrons. The van der Waals surface area contributed by atoms with Gasteiger partial charge in [-0.05, 0) is 24.3 Å². The first kappa shape index (κ1) is 13.5. The van der Waals surface area contributed by atoms with Gasteiger partial charge in [0.05, 0.1) is 10.6 Å². The summed E-state index contributed by atoms with van der Waals surface area (Å²) in [7, 11) is -3.85. The van der Waals surface area contributed by atoms with Gasteiger partial charge in [-0.15, -0.1) is 0 Å². The molecule has 106 valence electrons. The SMILES string of the molecule is CC(=O)Nc1cccc2c1S(=O)(=O)c1ccccc1C2=O. The lowest BCUT2D eigenvalue weighted by Gasteiger charge is -2.21. The Morgan fingerprint density at radius 2 is 1.67 bits per heavy atom. The minimum absolute atomic E-state index is 0.0275. The van der Waals surface area contributed by atoms with Crippen molar-refractivity contribution in [1.29, 1.82) is 0 Å². The summed E-state index contributed by atoms with van der Waals surface area (Å²) >= 11 is 0. The number of anilines is 1. The number of benzene rings is 2. The highest BCUT2D eigenvalue weighted by Crippen LogP contribution is 2.38. The maximum absolute atomic E-state index is 12.7. The van der Waals surface area contributed by atoms with E-state index >= 15 is 0 Å². The van der Waals surface area contributed by atoms with Crippen molar-refractivity contribution in [3.05, 3.63) is 53.6 Å². The van der Waals surface area contributed by atoms with Crippen LogP contribution in [-0.4, -0.2) is 20.1 Å². The van der Waals surface area contributed by atoms with E-state index in [0.717, 1.165) is 0 Å². The number of hydrogen-bond donors (Lipinski definition) is 1. The van der Waals surface area contributed by atoms with E-state index in [-0.39, 0.29) is 32.4 Å². The summed E-state index contributed by atoms with van der Waals surface area (Å²) in [6.07, 6.45) is 0. The van der Waals surface area contributed by atoms with Crippen molar-refractivity contribution in [3.63, 3.8) is 0 Å². The average molecular weight is 301 g/mol. The van der Waals surface area contributed by atoms with Crippen LogP contribution in [0.1, 0.15) is 22.8 Å². The predicted molar refractivity (Wildman–Crippen MR) is 76.1 cm³/mol. The van der Waals surface area contributed by atoms with Crippen molar-refractivity contribution < 1.29 is 18.0 Å². The van der Waals surface area contributed by atoms with Gasteiger partial charge in [0, 0.05) is 18.1 Å². The highest BCUT2D eigenvalue weighted by Gasteiger charge is 2.36. The van der Waals surface area contributed by atoms with E-state index in [1.54, 1.807) is 18.2 Å². The molecule has 21 heavy (non-hydrogen) atoms. The van der Waals surface area contributed by atoms with Crippen molar-refractivity contribution in [2.24, 2.45) is 0 Å². The summed E-state index contributed by atoms with van der Waals surface area (Å²) in [5.74, 6) is -0.757. The van der Waals surface area contributed by atoms with Gasteiger partial charge in [0.25, 0.3) is 0 Å². The second kappa shape index (κ2) is 4.53. The summed E-state index contributed by atoms with van der Waals surface area (Å²) in [5, 5.41) is 2.47. The molecule has 1 amide bonds. The normalized spacial score (nSPS) is 15.0. The average Bonchev–Trinajstić information content (AvgIpc) is 2.44. The number of rotatable bonds is 1. The molecule has 0 spiro atoms. The number of fused-ring (bicyclic) bond motifs is 2. The first-order valence-electron chi connectivity index (χ1n) is 6.22. The van der Waals surface area contributed by atoms with Gasteiger partial charge in [0.2, 0.25) is 15.7 Å². The Morgan fingerprint density at radius 1 is 1.00 bits per heavy atom. The van der Waals surface area contributed by atoms with Crippen LogP contribution in [0, 0.1) is 0 Å². The highest BCUT2D eigenvalue weighted by atomic mass is 32.2. The Bertz CT molecular complexity index is 884. The van der Waals surface area contributed by atoms with Gasteiger partial charge >= 0.3 is 0 Å². The van der Waals surface area contributed by atoms with Gasteiger partial charge in [0.1, 0.15) is 4.90 Å². The van der Waals surface area contributed by atoms with Crippen LogP contribution in [0.15, 0.2) is 52.3 Å². The van der Waals surface area contributed by atoms with Crippen molar-refractivity contribution >= 4 is 27.2 Å².